The molecule has 15 atom stereocenters. The van der Waals surface area contributed by atoms with Gasteiger partial charge in [-0.1, -0.05) is 69.2 Å². The van der Waals surface area contributed by atoms with Gasteiger partial charge in [-0.05, 0) is 269 Å². The van der Waals surface area contributed by atoms with Gasteiger partial charge in [-0.15, -0.1) is 9.35 Å². The van der Waals surface area contributed by atoms with Crippen LogP contribution < -0.4 is 9.47 Å². The molecule has 706 valence electrons. The van der Waals surface area contributed by atoms with Crippen LogP contribution in [0.15, 0.2) is 36.4 Å². The van der Waals surface area contributed by atoms with Crippen LogP contribution in [0.5, 0.6) is 11.5 Å². The Bertz CT molecular complexity index is 3660. The molecule has 43 heteroatoms. The van der Waals surface area contributed by atoms with Crippen molar-refractivity contribution in [3.05, 3.63) is 58.7 Å². The van der Waals surface area contributed by atoms with Gasteiger partial charge in [0.15, 0.2) is 5.60 Å². The van der Waals surface area contributed by atoms with Crippen molar-refractivity contribution < 1.29 is 152 Å². The minimum Gasteiger partial charge on any atom is -0.492 e. The summed E-state index contributed by atoms with van der Waals surface area (Å²) in [6.07, 6.45) is -0.563. The fourth-order valence-electron chi connectivity index (χ4n) is 18.0. The molecule has 5 N–H and O–H groups in total. The summed E-state index contributed by atoms with van der Waals surface area (Å²) in [5, 5.41) is 0. The normalized spacial score (nSPS) is 25.3. The lowest BCUT2D eigenvalue weighted by molar-refractivity contribution is -0.374. The van der Waals surface area contributed by atoms with E-state index in [9.17, 15) is 82.2 Å². The molecule has 6 aliphatic carbocycles. The van der Waals surface area contributed by atoms with Crippen molar-refractivity contribution in [1.29, 1.82) is 0 Å². The van der Waals surface area contributed by atoms with E-state index in [0.29, 0.717) is 99.3 Å². The number of phosphoric ester groups is 4. The second-order valence-corrected chi connectivity index (χ2v) is 44.8. The van der Waals surface area contributed by atoms with Crippen molar-refractivity contribution in [2.45, 2.75) is 217 Å². The third-order valence-corrected chi connectivity index (χ3v) is 32.9. The molecule has 2 aromatic rings. The lowest BCUT2D eigenvalue weighted by Gasteiger charge is -2.50. The number of likely N-dealkylation sites (N-methyl/N-ethyl adjacent to an activating group) is 2. The topological polar surface area (TPSA) is 314 Å². The molecule has 0 spiro atoms. The Labute approximate surface area is 728 Å². The first-order valence-corrected chi connectivity index (χ1v) is 53.2. The predicted molar refractivity (Wildman–Crippen MR) is 450 cm³/mol. The lowest BCUT2D eigenvalue weighted by atomic mass is 9.55. The number of hydrogen-bond donors (Lipinski definition) is 5. The first-order valence-electron chi connectivity index (χ1n) is 42.2. The van der Waals surface area contributed by atoms with Crippen molar-refractivity contribution >= 4 is 74.5 Å². The number of halogens is 9. The molecule has 6 aliphatic rings. The van der Waals surface area contributed by atoms with Crippen LogP contribution in [0.1, 0.15) is 184 Å². The molecule has 0 aliphatic heterocycles. The number of alkyl halides is 9. The van der Waals surface area contributed by atoms with E-state index in [2.05, 4.69) is 84.2 Å². The van der Waals surface area contributed by atoms with Gasteiger partial charge in [0, 0.05) is 88.1 Å². The molecule has 0 heterocycles. The molecule has 2 aromatic carbocycles. The van der Waals surface area contributed by atoms with E-state index >= 15 is 0 Å². The molecule has 0 bridgehead atoms. The third-order valence-electron chi connectivity index (χ3n) is 25.0. The van der Waals surface area contributed by atoms with Gasteiger partial charge < -0.3 is 72.2 Å². The highest BCUT2D eigenvalue weighted by Crippen LogP contribution is 2.64. The van der Waals surface area contributed by atoms with E-state index in [4.69, 9.17) is 46.7 Å². The van der Waals surface area contributed by atoms with E-state index < -0.39 is 106 Å². The summed E-state index contributed by atoms with van der Waals surface area (Å²) in [4.78, 5) is 53.8. The molecular formula is C79H129F9N2O24P4S4. The monoisotopic (exact) mass is 1910 g/mol. The number of aryl methyl sites for hydroxylation is 2. The van der Waals surface area contributed by atoms with Gasteiger partial charge in [-0.2, -0.15) is 39.5 Å². The number of ether oxygens (including phenoxy) is 8. The Morgan fingerprint density at radius 1 is 0.467 bits per heavy atom. The molecule has 0 amide bonds. The second-order valence-electron chi connectivity index (χ2n) is 33.9. The van der Waals surface area contributed by atoms with Crippen LogP contribution >= 0.6 is 74.5 Å². The predicted octanol–water partition coefficient (Wildman–Crippen LogP) is 19.0. The van der Waals surface area contributed by atoms with Crippen LogP contribution in [0.25, 0.3) is 0 Å². The molecular weight excluding hydrogens is 1780 g/mol. The Morgan fingerprint density at radius 2 is 0.877 bits per heavy atom. The molecule has 4 saturated carbocycles. The Kier molecular flexibility index (Phi) is 42.7. The van der Waals surface area contributed by atoms with Crippen LogP contribution in [-0.4, -0.2) is 239 Å². The summed E-state index contributed by atoms with van der Waals surface area (Å²) in [7, 11) is -8.20. The van der Waals surface area contributed by atoms with Gasteiger partial charge in [0.1, 0.15) is 24.7 Å². The molecule has 0 radical (unpaired) electrons. The molecule has 8 rings (SSSR count). The van der Waals surface area contributed by atoms with Gasteiger partial charge in [0.05, 0.1) is 58.5 Å². The summed E-state index contributed by atoms with van der Waals surface area (Å²) in [5.74, 6) is 6.00. The van der Waals surface area contributed by atoms with Gasteiger partial charge >= 0.3 is 49.8 Å². The minimum atomic E-state index is -5.61. The average Bonchev–Trinajstić information content (AvgIpc) is 1.46. The SMILES string of the molecule is COP(=O)(O)OCC(CCCOCCSSCCCN(C)CCOc1ccc2c(c1)CCC1C2CCC2(C)C(OCCCOC(C)(C)C(F)(F)F)CCC12)COP(=O)(O)OOP(=O)(O)OCC(CCCOCCSSCCCN(C)CCOc1ccc2c(c1)CCC1C2CCC2(C)C(OCCCOC(C)(C(F)(F)F)C(F)(F)F)CCC12)COP(=O)(O)O. The van der Waals surface area contributed by atoms with Crippen molar-refractivity contribution in [2.24, 2.45) is 46.3 Å². The Hall–Kier alpha value is -1.07. The van der Waals surface area contributed by atoms with Gasteiger partial charge in [-0.3, -0.25) is 22.6 Å². The number of phosphoric acid groups is 4. The summed E-state index contributed by atoms with van der Waals surface area (Å²) < 4.78 is 248. The van der Waals surface area contributed by atoms with Crippen molar-refractivity contribution in [2.75, 3.05) is 163 Å². The maximum atomic E-state index is 13.3. The number of rotatable bonds is 60. The van der Waals surface area contributed by atoms with E-state index in [0.717, 1.165) is 160 Å². The maximum absolute atomic E-state index is 13.3. The van der Waals surface area contributed by atoms with Crippen molar-refractivity contribution in [3.8, 4) is 11.5 Å². The summed E-state index contributed by atoms with van der Waals surface area (Å²) in [5.41, 5.74) is -1.09. The van der Waals surface area contributed by atoms with Crippen LogP contribution in [-0.2, 0) is 91.5 Å². The molecule has 4 fully saturated rings. The standard InChI is InChI=1S/C79H129F9N2O24P4S4/c1-73(2,77(80,81)82)107-41-13-39-105-71-27-25-69-67-21-17-59-51-61(19-23-63(59)65(67)29-31-74(69,71)3)103-43-36-90(7)34-12-48-120-122-50-46-102-38-10-16-58(54-110-116(94,95)100-8)56-112-118(98,99)114-113-117(96,97)111-55-57(53-109-115(91,92)93)15-9-37-101-45-49-121-119-47-11-33-89(6)35-44-104-62-20-24-64-60(52-62)18-22-68-66(64)30-32-75(4)70(68)26-28-72(75)106-40-14-42-108-76(5,78(83,84)85)79(86,87)88/h19-20,23-24,51-52,57-58,65-72H,9-18,21-22,25-50,53-56H2,1-8H3,(H,94,95)(H,96,97)(H,98,99)(H2,91,92,93). The highest BCUT2D eigenvalue weighted by molar-refractivity contribution is 8.77. The molecule has 15 unspecified atom stereocenters. The lowest BCUT2D eigenvalue weighted by Crippen LogP contribution is -2.56. The molecule has 0 aromatic heterocycles. The van der Waals surface area contributed by atoms with Crippen LogP contribution in [0.2, 0.25) is 0 Å². The van der Waals surface area contributed by atoms with E-state index in [-0.39, 0.29) is 75.7 Å². The average molecular weight is 1910 g/mol. The van der Waals surface area contributed by atoms with Gasteiger partial charge in [0.2, 0.25) is 0 Å². The highest BCUT2D eigenvalue weighted by Gasteiger charge is 2.69. The fourth-order valence-corrected chi connectivity index (χ4v) is 24.3. The smallest absolute Gasteiger partial charge is 0.492 e. The zero-order valence-electron chi connectivity index (χ0n) is 71.1. The van der Waals surface area contributed by atoms with Crippen LogP contribution in [0.3, 0.4) is 0 Å². The highest BCUT2D eigenvalue weighted by atomic mass is 33.1. The van der Waals surface area contributed by atoms with Gasteiger partial charge in [0.25, 0.3) is 5.60 Å². The number of benzene rings is 2. The molecule has 0 saturated heterocycles. The zero-order chi connectivity index (χ0) is 89.3. The maximum Gasteiger partial charge on any atom is 0.499 e. The van der Waals surface area contributed by atoms with E-state index in [1.54, 1.807) is 43.2 Å². The molecule has 122 heavy (non-hydrogen) atoms. The first kappa shape index (κ1) is 106. The third kappa shape index (κ3) is 33.0. The largest absolute Gasteiger partial charge is 0.499 e. The fraction of sp³-hybridized carbons (Fsp3) is 0.848. The minimum absolute atomic E-state index is 0.00224. The Morgan fingerprint density at radius 3 is 1.29 bits per heavy atom. The Balaban J connectivity index is 0.615. The first-order chi connectivity index (χ1) is 57.4. The van der Waals surface area contributed by atoms with Crippen LogP contribution in [0, 0.1) is 46.3 Å². The van der Waals surface area contributed by atoms with Crippen molar-refractivity contribution in [3.63, 3.8) is 0 Å². The number of hydrogen-bond acceptors (Lipinski definition) is 25. The van der Waals surface area contributed by atoms with Gasteiger partial charge in [-0.25, -0.2) is 18.3 Å². The summed E-state index contributed by atoms with van der Waals surface area (Å²) >= 11 is 0. The van der Waals surface area contributed by atoms with E-state index in [1.165, 1.54) is 22.3 Å². The number of nitrogens with zero attached hydrogens (tertiary/aromatic N) is 2. The number of fused-ring (bicyclic) bond motifs is 10. The van der Waals surface area contributed by atoms with Crippen molar-refractivity contribution in [1.82, 2.24) is 9.80 Å². The zero-order valence-corrected chi connectivity index (χ0v) is 78.0. The second kappa shape index (κ2) is 49.1. The van der Waals surface area contributed by atoms with Crippen LogP contribution in [0.4, 0.5) is 39.5 Å². The van der Waals surface area contributed by atoms with E-state index in [1.807, 2.05) is 13.1 Å². The quantitative estimate of drug-likeness (QED) is 0.0103. The summed E-state index contributed by atoms with van der Waals surface area (Å²) in [6, 6.07) is 13.0. The summed E-state index contributed by atoms with van der Waals surface area (Å²) in [6.45, 7) is 9.58. The molecule has 26 nitrogen and oxygen atoms in total.